The van der Waals surface area contributed by atoms with Crippen molar-refractivity contribution in [1.82, 2.24) is 9.80 Å². The van der Waals surface area contributed by atoms with Crippen molar-refractivity contribution < 1.29 is 0 Å². The molecular formula is C17H35N3. The zero-order valence-electron chi connectivity index (χ0n) is 14.2. The number of likely N-dealkylation sites (N-methyl/N-ethyl adjacent to an activating group) is 1. The quantitative estimate of drug-likeness (QED) is 0.862. The van der Waals surface area contributed by atoms with E-state index >= 15 is 0 Å². The number of hydrogen-bond donors (Lipinski definition) is 1. The van der Waals surface area contributed by atoms with E-state index < -0.39 is 0 Å². The SMILES string of the molecule is CC(C)C1CCC(N)C(CN2CC(C)N(C)C(C)C2)C1. The highest BCUT2D eigenvalue weighted by Crippen LogP contribution is 2.34. The largest absolute Gasteiger partial charge is 0.327 e. The fourth-order valence-corrected chi connectivity index (χ4v) is 4.13. The van der Waals surface area contributed by atoms with Crippen LogP contribution in [0.5, 0.6) is 0 Å². The predicted octanol–water partition coefficient (Wildman–Crippen LogP) is 2.41. The van der Waals surface area contributed by atoms with Crippen molar-refractivity contribution in [3.63, 3.8) is 0 Å². The van der Waals surface area contributed by atoms with Gasteiger partial charge in [-0.1, -0.05) is 13.8 Å². The minimum absolute atomic E-state index is 0.426. The first-order valence-electron chi connectivity index (χ1n) is 8.58. The average molecular weight is 281 g/mol. The second kappa shape index (κ2) is 6.76. The molecule has 1 heterocycles. The Morgan fingerprint density at radius 2 is 1.70 bits per heavy atom. The third-order valence-corrected chi connectivity index (χ3v) is 5.95. The van der Waals surface area contributed by atoms with E-state index in [-0.39, 0.29) is 0 Å². The van der Waals surface area contributed by atoms with Gasteiger partial charge in [-0.15, -0.1) is 0 Å². The third kappa shape index (κ3) is 3.75. The van der Waals surface area contributed by atoms with Crippen LogP contribution in [0.2, 0.25) is 0 Å². The topological polar surface area (TPSA) is 32.5 Å². The monoisotopic (exact) mass is 281 g/mol. The first-order chi connectivity index (χ1) is 9.38. The summed E-state index contributed by atoms with van der Waals surface area (Å²) in [5.74, 6) is 2.41. The van der Waals surface area contributed by atoms with Gasteiger partial charge in [0, 0.05) is 37.8 Å². The Hall–Kier alpha value is -0.120. The van der Waals surface area contributed by atoms with Gasteiger partial charge in [0.05, 0.1) is 0 Å². The molecule has 0 radical (unpaired) electrons. The molecule has 3 heteroatoms. The Kier molecular flexibility index (Phi) is 5.49. The van der Waals surface area contributed by atoms with Crippen molar-refractivity contribution in [2.75, 3.05) is 26.7 Å². The van der Waals surface area contributed by atoms with Gasteiger partial charge in [0.2, 0.25) is 0 Å². The van der Waals surface area contributed by atoms with E-state index in [9.17, 15) is 0 Å². The Morgan fingerprint density at radius 3 is 2.25 bits per heavy atom. The van der Waals surface area contributed by atoms with E-state index in [4.69, 9.17) is 5.73 Å². The van der Waals surface area contributed by atoms with Crippen molar-refractivity contribution >= 4 is 0 Å². The fraction of sp³-hybridized carbons (Fsp3) is 1.00. The van der Waals surface area contributed by atoms with Crippen molar-refractivity contribution in [1.29, 1.82) is 0 Å². The summed E-state index contributed by atoms with van der Waals surface area (Å²) < 4.78 is 0. The molecule has 0 amide bonds. The van der Waals surface area contributed by atoms with Crippen molar-refractivity contribution in [2.45, 2.75) is 65.1 Å². The van der Waals surface area contributed by atoms with Crippen LogP contribution < -0.4 is 5.73 Å². The van der Waals surface area contributed by atoms with Crippen LogP contribution in [0.15, 0.2) is 0 Å². The van der Waals surface area contributed by atoms with Gasteiger partial charge in [-0.2, -0.15) is 0 Å². The van der Waals surface area contributed by atoms with Crippen LogP contribution in [0.25, 0.3) is 0 Å². The summed E-state index contributed by atoms with van der Waals surface area (Å²) in [6.07, 6.45) is 3.91. The van der Waals surface area contributed by atoms with E-state index in [2.05, 4.69) is 44.5 Å². The first kappa shape index (κ1) is 16.3. The molecule has 0 spiro atoms. The molecule has 2 rings (SSSR count). The maximum Gasteiger partial charge on any atom is 0.0195 e. The lowest BCUT2D eigenvalue weighted by Gasteiger charge is -2.45. The lowest BCUT2D eigenvalue weighted by Crippen LogP contribution is -2.57. The van der Waals surface area contributed by atoms with Crippen molar-refractivity contribution in [3.8, 4) is 0 Å². The molecule has 118 valence electrons. The smallest absolute Gasteiger partial charge is 0.0195 e. The Bertz CT molecular complexity index is 293. The van der Waals surface area contributed by atoms with E-state index in [1.165, 1.54) is 38.9 Å². The van der Waals surface area contributed by atoms with E-state index in [1.807, 2.05) is 0 Å². The Balaban J connectivity index is 1.91. The summed E-state index contributed by atoms with van der Waals surface area (Å²) in [7, 11) is 2.26. The maximum absolute atomic E-state index is 6.42. The minimum atomic E-state index is 0.426. The van der Waals surface area contributed by atoms with Gasteiger partial charge in [-0.25, -0.2) is 0 Å². The van der Waals surface area contributed by atoms with E-state index in [1.54, 1.807) is 0 Å². The molecule has 0 bridgehead atoms. The molecule has 1 saturated carbocycles. The summed E-state index contributed by atoms with van der Waals surface area (Å²) in [6.45, 7) is 13.1. The summed E-state index contributed by atoms with van der Waals surface area (Å²) >= 11 is 0. The third-order valence-electron chi connectivity index (χ3n) is 5.95. The molecule has 1 saturated heterocycles. The summed E-state index contributed by atoms with van der Waals surface area (Å²) in [5, 5.41) is 0. The van der Waals surface area contributed by atoms with Crippen LogP contribution >= 0.6 is 0 Å². The summed E-state index contributed by atoms with van der Waals surface area (Å²) in [6, 6.07) is 1.76. The molecule has 1 aliphatic heterocycles. The van der Waals surface area contributed by atoms with Crippen molar-refractivity contribution in [2.24, 2.45) is 23.5 Å². The highest BCUT2D eigenvalue weighted by atomic mass is 15.3. The van der Waals surface area contributed by atoms with Gasteiger partial charge in [0.15, 0.2) is 0 Å². The van der Waals surface area contributed by atoms with E-state index in [0.29, 0.717) is 24.0 Å². The van der Waals surface area contributed by atoms with Crippen LogP contribution in [-0.4, -0.2) is 54.6 Å². The Morgan fingerprint density at radius 1 is 1.10 bits per heavy atom. The molecule has 3 nitrogen and oxygen atoms in total. The van der Waals surface area contributed by atoms with Gasteiger partial charge in [0.25, 0.3) is 0 Å². The van der Waals surface area contributed by atoms with Gasteiger partial charge < -0.3 is 5.73 Å². The van der Waals surface area contributed by atoms with Crippen LogP contribution in [0.1, 0.15) is 47.0 Å². The maximum atomic E-state index is 6.42. The first-order valence-corrected chi connectivity index (χ1v) is 8.58. The lowest BCUT2D eigenvalue weighted by molar-refractivity contribution is 0.0380. The number of nitrogens with zero attached hydrogens (tertiary/aromatic N) is 2. The average Bonchev–Trinajstić information content (AvgIpc) is 2.38. The molecule has 2 N–H and O–H groups in total. The second-order valence-corrected chi connectivity index (χ2v) is 7.82. The normalized spacial score (nSPS) is 41.2. The number of nitrogens with two attached hydrogens (primary N) is 1. The van der Waals surface area contributed by atoms with Crippen LogP contribution in [0, 0.1) is 17.8 Å². The molecular weight excluding hydrogens is 246 g/mol. The summed E-state index contributed by atoms with van der Waals surface area (Å²) in [5.41, 5.74) is 6.42. The minimum Gasteiger partial charge on any atom is -0.327 e. The van der Waals surface area contributed by atoms with Gasteiger partial charge in [-0.3, -0.25) is 9.80 Å². The molecule has 5 unspecified atom stereocenters. The molecule has 0 aromatic rings. The molecule has 2 fully saturated rings. The molecule has 20 heavy (non-hydrogen) atoms. The molecule has 2 aliphatic rings. The highest BCUT2D eigenvalue weighted by Gasteiger charge is 2.33. The summed E-state index contributed by atoms with van der Waals surface area (Å²) in [4.78, 5) is 5.18. The number of rotatable bonds is 3. The molecule has 5 atom stereocenters. The molecule has 0 aromatic carbocycles. The van der Waals surface area contributed by atoms with Crippen LogP contribution in [0.4, 0.5) is 0 Å². The van der Waals surface area contributed by atoms with Gasteiger partial charge in [0.1, 0.15) is 0 Å². The zero-order chi connectivity index (χ0) is 14.9. The lowest BCUT2D eigenvalue weighted by atomic mass is 9.73. The molecule has 0 aromatic heterocycles. The Labute approximate surface area is 125 Å². The number of piperazine rings is 1. The van der Waals surface area contributed by atoms with Crippen molar-refractivity contribution in [3.05, 3.63) is 0 Å². The number of hydrogen-bond acceptors (Lipinski definition) is 3. The zero-order valence-corrected chi connectivity index (χ0v) is 14.2. The van der Waals surface area contributed by atoms with E-state index in [0.717, 1.165) is 11.8 Å². The van der Waals surface area contributed by atoms with Crippen LogP contribution in [-0.2, 0) is 0 Å². The standard InChI is InChI=1S/C17H35N3/c1-12(2)15-6-7-17(18)16(8-15)11-20-9-13(3)19(5)14(4)10-20/h12-17H,6-11,18H2,1-5H3. The predicted molar refractivity (Wildman–Crippen MR) is 86.8 cm³/mol. The van der Waals surface area contributed by atoms with Gasteiger partial charge in [-0.05, 0) is 57.9 Å². The van der Waals surface area contributed by atoms with Crippen LogP contribution in [0.3, 0.4) is 0 Å². The highest BCUT2D eigenvalue weighted by molar-refractivity contribution is 4.89. The van der Waals surface area contributed by atoms with Gasteiger partial charge >= 0.3 is 0 Å². The molecule has 1 aliphatic carbocycles. The second-order valence-electron chi connectivity index (χ2n) is 7.82. The fourth-order valence-electron chi connectivity index (χ4n) is 4.13.